The Morgan fingerprint density at radius 1 is 1.21 bits per heavy atom. The maximum atomic E-state index is 11.3. The van der Waals surface area contributed by atoms with Gasteiger partial charge in [-0.15, -0.1) is 0 Å². The molecule has 13 heteroatoms. The van der Waals surface area contributed by atoms with Crippen molar-refractivity contribution >= 4 is 20.2 Å². The van der Waals surface area contributed by atoms with Crippen LogP contribution in [-0.4, -0.2) is 41.0 Å². The molecule has 0 aliphatic heterocycles. The van der Waals surface area contributed by atoms with E-state index in [1.807, 2.05) is 6.92 Å². The molecule has 24 heavy (non-hydrogen) atoms. The molecule has 1 unspecified atom stereocenters. The maximum absolute atomic E-state index is 11.3. The number of hydrogen-bond acceptors (Lipinski definition) is 5. The summed E-state index contributed by atoms with van der Waals surface area (Å²) in [7, 11) is -8.19. The van der Waals surface area contributed by atoms with Crippen LogP contribution in [0.4, 0.5) is 13.2 Å². The third-order valence-corrected chi connectivity index (χ3v) is 4.62. The van der Waals surface area contributed by atoms with Gasteiger partial charge in [0.25, 0.3) is 10.1 Å². The Morgan fingerprint density at radius 3 is 2.00 bits per heavy atom. The molecule has 0 fully saturated rings. The number of nitrogens with zero attached hydrogens (tertiary/aromatic N) is 2. The number of imidazole rings is 1. The molecular formula is C11H19F3N2O6S2. The van der Waals surface area contributed by atoms with Gasteiger partial charge < -0.3 is 4.57 Å². The summed E-state index contributed by atoms with van der Waals surface area (Å²) < 4.78 is 90.9. The van der Waals surface area contributed by atoms with Gasteiger partial charge in [0.15, 0.2) is 0 Å². The molecule has 0 amide bonds. The molecule has 0 aliphatic rings. The van der Waals surface area contributed by atoms with Crippen LogP contribution in [0.2, 0.25) is 0 Å². The van der Waals surface area contributed by atoms with E-state index in [4.69, 9.17) is 13.0 Å². The largest absolute Gasteiger partial charge is 0.522 e. The number of halogens is 3. The molecule has 1 aromatic heterocycles. The third-order valence-electron chi connectivity index (χ3n) is 2.87. The zero-order valence-electron chi connectivity index (χ0n) is 12.9. The standard InChI is InChI=1S/C10H18N2O3S.CHF3O3S/c1-3-4-5-6-9(16(13,14)15)10-11-7-8-12(10)2;2-1(3,4)8(5,6)7/h7-9H,3-6H2,1-2H3,(H,13,14,15);(H,5,6,7). The molecule has 142 valence electrons. The second-order valence-electron chi connectivity index (χ2n) is 4.82. The van der Waals surface area contributed by atoms with Gasteiger partial charge in [0.1, 0.15) is 11.1 Å². The van der Waals surface area contributed by atoms with Crippen LogP contribution >= 0.6 is 0 Å². The molecule has 1 heterocycles. The maximum Gasteiger partial charge on any atom is 0.522 e. The lowest BCUT2D eigenvalue weighted by Gasteiger charge is -2.13. The normalized spacial score (nSPS) is 14.0. The second kappa shape index (κ2) is 8.78. The SMILES string of the molecule is CCCCCC(c1nccn1C)S(=O)(=O)O.O=S(=O)(O)C(F)(F)F. The number of rotatable bonds is 6. The first kappa shape index (κ1) is 22.8. The van der Waals surface area contributed by atoms with Gasteiger partial charge in [-0.05, 0) is 6.42 Å². The highest BCUT2D eigenvalue weighted by Crippen LogP contribution is 2.25. The molecule has 2 N–H and O–H groups in total. The van der Waals surface area contributed by atoms with Crippen molar-refractivity contribution in [2.24, 2.45) is 7.05 Å². The Hall–Kier alpha value is -1.18. The molecule has 1 rings (SSSR count). The van der Waals surface area contributed by atoms with Crippen molar-refractivity contribution in [3.63, 3.8) is 0 Å². The van der Waals surface area contributed by atoms with Crippen molar-refractivity contribution < 1.29 is 39.1 Å². The molecule has 8 nitrogen and oxygen atoms in total. The Balaban J connectivity index is 0.000000561. The van der Waals surface area contributed by atoms with Crippen LogP contribution in [0.15, 0.2) is 12.4 Å². The second-order valence-corrected chi connectivity index (χ2v) is 7.83. The van der Waals surface area contributed by atoms with Crippen LogP contribution in [0.25, 0.3) is 0 Å². The molecule has 0 saturated heterocycles. The van der Waals surface area contributed by atoms with Crippen molar-refractivity contribution in [3.05, 3.63) is 18.2 Å². The van der Waals surface area contributed by atoms with Gasteiger partial charge in [0.05, 0.1) is 0 Å². The van der Waals surface area contributed by atoms with Crippen LogP contribution in [0.3, 0.4) is 0 Å². The van der Waals surface area contributed by atoms with Crippen LogP contribution in [-0.2, 0) is 27.3 Å². The van der Waals surface area contributed by atoms with Crippen molar-refractivity contribution in [1.29, 1.82) is 0 Å². The fraction of sp³-hybridized carbons (Fsp3) is 0.727. The number of aryl methyl sites for hydroxylation is 1. The molecule has 0 aliphatic carbocycles. The van der Waals surface area contributed by atoms with E-state index in [2.05, 4.69) is 4.98 Å². The number of alkyl halides is 3. The van der Waals surface area contributed by atoms with Gasteiger partial charge in [0.2, 0.25) is 0 Å². The topological polar surface area (TPSA) is 127 Å². The van der Waals surface area contributed by atoms with E-state index >= 15 is 0 Å². The van der Waals surface area contributed by atoms with Crippen LogP contribution in [0.1, 0.15) is 43.7 Å². The van der Waals surface area contributed by atoms with E-state index < -0.39 is 31.0 Å². The quantitative estimate of drug-likeness (QED) is 0.429. The first-order valence-electron chi connectivity index (χ1n) is 6.69. The van der Waals surface area contributed by atoms with Gasteiger partial charge in [-0.1, -0.05) is 26.2 Å². The minimum Gasteiger partial charge on any atom is -0.337 e. The Kier molecular flexibility index (Phi) is 8.35. The van der Waals surface area contributed by atoms with E-state index in [1.165, 1.54) is 6.20 Å². The molecule has 0 bridgehead atoms. The number of aromatic nitrogens is 2. The van der Waals surface area contributed by atoms with E-state index in [1.54, 1.807) is 17.8 Å². The van der Waals surface area contributed by atoms with Gasteiger partial charge in [0, 0.05) is 19.4 Å². The molecule has 0 spiro atoms. The fourth-order valence-electron chi connectivity index (χ4n) is 1.68. The van der Waals surface area contributed by atoms with E-state index in [0.29, 0.717) is 12.2 Å². The van der Waals surface area contributed by atoms with Gasteiger partial charge >= 0.3 is 15.6 Å². The third kappa shape index (κ3) is 7.59. The average Bonchev–Trinajstić information content (AvgIpc) is 2.77. The lowest BCUT2D eigenvalue weighted by molar-refractivity contribution is -0.0510. The van der Waals surface area contributed by atoms with E-state index in [9.17, 15) is 26.1 Å². The molecule has 0 aromatic carbocycles. The van der Waals surface area contributed by atoms with Crippen molar-refractivity contribution in [3.8, 4) is 0 Å². The first-order chi connectivity index (χ1) is 10.7. The van der Waals surface area contributed by atoms with Crippen LogP contribution in [0.5, 0.6) is 0 Å². The number of unbranched alkanes of at least 4 members (excludes halogenated alkanes) is 2. The van der Waals surface area contributed by atoms with E-state index in [-0.39, 0.29) is 0 Å². The molecule has 1 aromatic rings. The minimum absolute atomic E-state index is 0.401. The fourth-order valence-corrected chi connectivity index (χ4v) is 2.64. The van der Waals surface area contributed by atoms with Gasteiger partial charge in [-0.2, -0.15) is 30.0 Å². The average molecular weight is 396 g/mol. The summed E-state index contributed by atoms with van der Waals surface area (Å²) in [6, 6.07) is 0. The highest BCUT2D eigenvalue weighted by Gasteiger charge is 2.44. The zero-order valence-corrected chi connectivity index (χ0v) is 14.6. The van der Waals surface area contributed by atoms with E-state index in [0.717, 1.165) is 19.3 Å². The van der Waals surface area contributed by atoms with Crippen molar-refractivity contribution in [2.75, 3.05) is 0 Å². The molecule has 1 atom stereocenters. The summed E-state index contributed by atoms with van der Waals surface area (Å²) in [5.74, 6) is 0.401. The first-order valence-corrected chi connectivity index (χ1v) is 9.63. The summed E-state index contributed by atoms with van der Waals surface area (Å²) in [5.41, 5.74) is -5.53. The van der Waals surface area contributed by atoms with Gasteiger partial charge in [-0.3, -0.25) is 9.11 Å². The predicted molar refractivity (Wildman–Crippen MR) is 79.2 cm³/mol. The zero-order chi connectivity index (χ0) is 19.2. The predicted octanol–water partition coefficient (Wildman–Crippen LogP) is 2.32. The Labute approximate surface area is 138 Å². The van der Waals surface area contributed by atoms with Crippen LogP contribution in [0, 0.1) is 0 Å². The Bertz CT molecular complexity index is 712. The lowest BCUT2D eigenvalue weighted by atomic mass is 10.1. The molecule has 0 saturated carbocycles. The minimum atomic E-state index is -5.84. The van der Waals surface area contributed by atoms with Crippen molar-refractivity contribution in [1.82, 2.24) is 9.55 Å². The Morgan fingerprint density at radius 2 is 1.71 bits per heavy atom. The summed E-state index contributed by atoms with van der Waals surface area (Å²) >= 11 is 0. The summed E-state index contributed by atoms with van der Waals surface area (Å²) in [6.45, 7) is 2.04. The highest BCUT2D eigenvalue weighted by molar-refractivity contribution is 7.86. The smallest absolute Gasteiger partial charge is 0.337 e. The monoisotopic (exact) mass is 396 g/mol. The van der Waals surface area contributed by atoms with Crippen LogP contribution < -0.4 is 0 Å². The summed E-state index contributed by atoms with van der Waals surface area (Å²) in [5, 5.41) is -0.904. The number of hydrogen-bond donors (Lipinski definition) is 2. The lowest BCUT2D eigenvalue weighted by Crippen LogP contribution is -2.21. The van der Waals surface area contributed by atoms with Gasteiger partial charge in [-0.25, -0.2) is 4.98 Å². The highest BCUT2D eigenvalue weighted by atomic mass is 32.2. The molecular weight excluding hydrogens is 377 g/mol. The summed E-state index contributed by atoms with van der Waals surface area (Å²) in [6.07, 6.45) is 6.36. The summed E-state index contributed by atoms with van der Waals surface area (Å²) in [4.78, 5) is 3.99. The van der Waals surface area contributed by atoms with Crippen molar-refractivity contribution in [2.45, 2.75) is 43.4 Å². The molecule has 0 radical (unpaired) electrons.